The van der Waals surface area contributed by atoms with Gasteiger partial charge >= 0.3 is 5.97 Å². The molecular weight excluding hydrogens is 297 g/mol. The second kappa shape index (κ2) is 6.73. The van der Waals surface area contributed by atoms with E-state index in [4.69, 9.17) is 28.3 Å². The predicted molar refractivity (Wildman–Crippen MR) is 79.4 cm³/mol. The van der Waals surface area contributed by atoms with Crippen molar-refractivity contribution in [3.63, 3.8) is 0 Å². The maximum Gasteiger partial charge on any atom is 0.303 e. The van der Waals surface area contributed by atoms with Crippen LogP contribution in [-0.4, -0.2) is 16.1 Å². The SMILES string of the molecule is O=C(O)CC[C@H](c1ccc(Cl)c(Cl)c1)c1ccccn1. The summed E-state index contributed by atoms with van der Waals surface area (Å²) in [6, 6.07) is 10.9. The Labute approximate surface area is 127 Å². The fraction of sp³-hybridized carbons (Fsp3) is 0.200. The number of aliphatic carboxylic acids is 1. The van der Waals surface area contributed by atoms with Gasteiger partial charge < -0.3 is 5.11 Å². The van der Waals surface area contributed by atoms with Crippen molar-refractivity contribution in [2.45, 2.75) is 18.8 Å². The molecule has 0 unspecified atom stereocenters. The van der Waals surface area contributed by atoms with Gasteiger partial charge in [-0.15, -0.1) is 0 Å². The highest BCUT2D eigenvalue weighted by atomic mass is 35.5. The van der Waals surface area contributed by atoms with E-state index in [1.165, 1.54) is 0 Å². The molecule has 1 aromatic heterocycles. The Kier molecular flexibility index (Phi) is 4.99. The van der Waals surface area contributed by atoms with Gasteiger partial charge in [0.05, 0.1) is 10.0 Å². The number of aromatic nitrogens is 1. The van der Waals surface area contributed by atoms with Crippen molar-refractivity contribution >= 4 is 29.2 Å². The predicted octanol–water partition coefficient (Wildman–Crippen LogP) is 4.39. The monoisotopic (exact) mass is 309 g/mol. The highest BCUT2D eigenvalue weighted by Gasteiger charge is 2.17. The lowest BCUT2D eigenvalue weighted by molar-refractivity contribution is -0.137. The van der Waals surface area contributed by atoms with Crippen LogP contribution in [-0.2, 0) is 4.79 Å². The quantitative estimate of drug-likeness (QED) is 0.891. The van der Waals surface area contributed by atoms with Crippen molar-refractivity contribution < 1.29 is 9.90 Å². The van der Waals surface area contributed by atoms with Gasteiger partial charge in [-0.2, -0.15) is 0 Å². The van der Waals surface area contributed by atoms with Crippen LogP contribution in [0.15, 0.2) is 42.6 Å². The Hall–Kier alpha value is -1.58. The molecule has 1 N–H and O–H groups in total. The van der Waals surface area contributed by atoms with Crippen LogP contribution >= 0.6 is 23.2 Å². The van der Waals surface area contributed by atoms with Gasteiger partial charge in [0.25, 0.3) is 0 Å². The molecule has 104 valence electrons. The zero-order valence-corrected chi connectivity index (χ0v) is 12.1. The number of halogens is 2. The van der Waals surface area contributed by atoms with Crippen molar-refractivity contribution in [3.8, 4) is 0 Å². The summed E-state index contributed by atoms with van der Waals surface area (Å²) in [4.78, 5) is 15.1. The normalized spacial score (nSPS) is 12.1. The van der Waals surface area contributed by atoms with Crippen LogP contribution in [0.1, 0.15) is 30.0 Å². The molecule has 0 saturated heterocycles. The summed E-state index contributed by atoms with van der Waals surface area (Å²) < 4.78 is 0. The molecule has 0 saturated carbocycles. The third-order valence-corrected chi connectivity index (χ3v) is 3.78. The smallest absolute Gasteiger partial charge is 0.303 e. The van der Waals surface area contributed by atoms with Crippen molar-refractivity contribution in [2.75, 3.05) is 0 Å². The molecule has 3 nitrogen and oxygen atoms in total. The molecule has 1 aromatic carbocycles. The largest absolute Gasteiger partial charge is 0.481 e. The van der Waals surface area contributed by atoms with Gasteiger partial charge in [-0.3, -0.25) is 9.78 Å². The molecular formula is C15H13Cl2NO2. The second-order valence-corrected chi connectivity index (χ2v) is 5.23. The van der Waals surface area contributed by atoms with Crippen molar-refractivity contribution in [1.82, 2.24) is 4.98 Å². The third-order valence-electron chi connectivity index (χ3n) is 3.04. The fourth-order valence-electron chi connectivity index (χ4n) is 2.06. The van der Waals surface area contributed by atoms with Crippen LogP contribution in [0.2, 0.25) is 10.0 Å². The second-order valence-electron chi connectivity index (χ2n) is 4.41. The average molecular weight is 310 g/mol. The van der Waals surface area contributed by atoms with Crippen LogP contribution in [0, 0.1) is 0 Å². The van der Waals surface area contributed by atoms with Gasteiger partial charge in [-0.25, -0.2) is 0 Å². The van der Waals surface area contributed by atoms with E-state index in [9.17, 15) is 4.79 Å². The number of carboxylic acids is 1. The molecule has 20 heavy (non-hydrogen) atoms. The van der Waals surface area contributed by atoms with Crippen LogP contribution in [0.5, 0.6) is 0 Å². The lowest BCUT2D eigenvalue weighted by Gasteiger charge is -2.16. The van der Waals surface area contributed by atoms with E-state index >= 15 is 0 Å². The highest BCUT2D eigenvalue weighted by Crippen LogP contribution is 2.32. The van der Waals surface area contributed by atoms with Crippen LogP contribution in [0.3, 0.4) is 0 Å². The molecule has 0 spiro atoms. The van der Waals surface area contributed by atoms with Gasteiger partial charge in [0.1, 0.15) is 0 Å². The standard InChI is InChI=1S/C15H13Cl2NO2/c16-12-6-4-10(9-13(12)17)11(5-7-15(19)20)14-3-1-2-8-18-14/h1-4,6,8-9,11H,5,7H2,(H,19,20)/t11-/m1/s1. The fourth-order valence-corrected chi connectivity index (χ4v) is 2.37. The van der Waals surface area contributed by atoms with E-state index < -0.39 is 5.97 Å². The molecule has 1 atom stereocenters. The molecule has 2 rings (SSSR count). The highest BCUT2D eigenvalue weighted by molar-refractivity contribution is 6.42. The number of carbonyl (C=O) groups is 1. The summed E-state index contributed by atoms with van der Waals surface area (Å²) in [6.07, 6.45) is 2.23. The van der Waals surface area contributed by atoms with Gasteiger partial charge in [0, 0.05) is 24.2 Å². The molecule has 0 aliphatic heterocycles. The van der Waals surface area contributed by atoms with E-state index in [1.54, 1.807) is 18.3 Å². The topological polar surface area (TPSA) is 50.2 Å². The molecule has 0 fully saturated rings. The Morgan fingerprint density at radius 1 is 1.20 bits per heavy atom. The minimum Gasteiger partial charge on any atom is -0.481 e. The summed E-state index contributed by atoms with van der Waals surface area (Å²) in [5.74, 6) is -0.937. The molecule has 2 aromatic rings. The van der Waals surface area contributed by atoms with Crippen molar-refractivity contribution in [1.29, 1.82) is 0 Å². The Bertz CT molecular complexity index is 602. The summed E-state index contributed by atoms with van der Waals surface area (Å²) in [5.41, 5.74) is 1.74. The van der Waals surface area contributed by atoms with E-state index in [2.05, 4.69) is 4.98 Å². The van der Waals surface area contributed by atoms with E-state index in [-0.39, 0.29) is 12.3 Å². The molecule has 0 aliphatic carbocycles. The van der Waals surface area contributed by atoms with Crippen LogP contribution in [0.4, 0.5) is 0 Å². The first-order valence-electron chi connectivity index (χ1n) is 6.15. The lowest BCUT2D eigenvalue weighted by atomic mass is 9.91. The van der Waals surface area contributed by atoms with E-state index in [0.717, 1.165) is 11.3 Å². The number of pyridine rings is 1. The van der Waals surface area contributed by atoms with Crippen molar-refractivity contribution in [2.24, 2.45) is 0 Å². The lowest BCUT2D eigenvalue weighted by Crippen LogP contribution is -2.06. The summed E-state index contributed by atoms with van der Waals surface area (Å²) in [7, 11) is 0. The minimum atomic E-state index is -0.828. The molecule has 0 bridgehead atoms. The van der Waals surface area contributed by atoms with Crippen molar-refractivity contribution in [3.05, 3.63) is 63.9 Å². The summed E-state index contributed by atoms with van der Waals surface area (Å²) in [6.45, 7) is 0. The number of nitrogens with zero attached hydrogens (tertiary/aromatic N) is 1. The number of rotatable bonds is 5. The minimum absolute atomic E-state index is 0.0709. The van der Waals surface area contributed by atoms with Gasteiger partial charge in [-0.05, 0) is 36.2 Å². The van der Waals surface area contributed by atoms with Crippen LogP contribution in [0.25, 0.3) is 0 Å². The van der Waals surface area contributed by atoms with E-state index in [1.807, 2.05) is 24.3 Å². The van der Waals surface area contributed by atoms with Gasteiger partial charge in [-0.1, -0.05) is 35.3 Å². The molecule has 0 radical (unpaired) electrons. The Morgan fingerprint density at radius 3 is 2.60 bits per heavy atom. The first-order valence-corrected chi connectivity index (χ1v) is 6.91. The number of hydrogen-bond donors (Lipinski definition) is 1. The number of hydrogen-bond acceptors (Lipinski definition) is 2. The molecule has 5 heteroatoms. The zero-order valence-electron chi connectivity index (χ0n) is 10.6. The number of carboxylic acid groups (broad SMARTS) is 1. The molecule has 0 aliphatic rings. The average Bonchev–Trinajstić information content (AvgIpc) is 2.44. The molecule has 1 heterocycles. The first kappa shape index (κ1) is 14.8. The van der Waals surface area contributed by atoms with Crippen LogP contribution < -0.4 is 0 Å². The third kappa shape index (κ3) is 3.71. The molecule has 0 amide bonds. The Balaban J connectivity index is 2.35. The van der Waals surface area contributed by atoms with E-state index in [0.29, 0.717) is 16.5 Å². The van der Waals surface area contributed by atoms with Gasteiger partial charge in [0.15, 0.2) is 0 Å². The van der Waals surface area contributed by atoms with Gasteiger partial charge in [0.2, 0.25) is 0 Å². The summed E-state index contributed by atoms with van der Waals surface area (Å²) in [5, 5.41) is 9.83. The number of benzene rings is 1. The summed E-state index contributed by atoms with van der Waals surface area (Å²) >= 11 is 12.0. The maximum absolute atomic E-state index is 10.8. The Morgan fingerprint density at radius 2 is 2.00 bits per heavy atom. The zero-order chi connectivity index (χ0) is 14.5. The maximum atomic E-state index is 10.8. The first-order chi connectivity index (χ1) is 9.58.